The van der Waals surface area contributed by atoms with Crippen molar-refractivity contribution in [3.8, 4) is 0 Å². The maximum absolute atomic E-state index is 13.7. The van der Waals surface area contributed by atoms with Gasteiger partial charge in [-0.05, 0) is 27.0 Å². The highest BCUT2D eigenvalue weighted by atomic mass is 16.5. The van der Waals surface area contributed by atoms with Gasteiger partial charge in [-0.15, -0.1) is 0 Å². The lowest BCUT2D eigenvalue weighted by molar-refractivity contribution is -0.144. The lowest BCUT2D eigenvalue weighted by atomic mass is 9.72. The molecule has 35 heavy (non-hydrogen) atoms. The van der Waals surface area contributed by atoms with Gasteiger partial charge in [0.15, 0.2) is 23.1 Å². The Morgan fingerprint density at radius 2 is 1.49 bits per heavy atom. The van der Waals surface area contributed by atoms with Crippen molar-refractivity contribution >= 4 is 29.0 Å². The number of hydrogen-bond donors (Lipinski definition) is 1. The summed E-state index contributed by atoms with van der Waals surface area (Å²) in [7, 11) is 4.27. The van der Waals surface area contributed by atoms with Gasteiger partial charge < -0.3 is 19.5 Å². The van der Waals surface area contributed by atoms with E-state index in [4.69, 9.17) is 9.47 Å². The van der Waals surface area contributed by atoms with Gasteiger partial charge in [0.2, 0.25) is 17.5 Å². The third-order valence-electron chi connectivity index (χ3n) is 7.57. The van der Waals surface area contributed by atoms with Crippen molar-refractivity contribution in [2.24, 2.45) is 0 Å². The molecular formula is C25H24N2O8. The summed E-state index contributed by atoms with van der Waals surface area (Å²) >= 11 is 0. The molecule has 1 saturated heterocycles. The van der Waals surface area contributed by atoms with Crippen LogP contribution in [0.25, 0.3) is 0 Å². The molecule has 182 valence electrons. The molecule has 0 unspecified atom stereocenters. The number of carbonyl (C=O) groups excluding carboxylic acids is 5. The summed E-state index contributed by atoms with van der Waals surface area (Å²) in [4.78, 5) is 69.8. The van der Waals surface area contributed by atoms with Gasteiger partial charge in [-0.1, -0.05) is 0 Å². The number of aliphatic hydroxyl groups is 1. The first-order chi connectivity index (χ1) is 16.6. The molecular weight excluding hydrogens is 456 g/mol. The van der Waals surface area contributed by atoms with Crippen LogP contribution in [0.2, 0.25) is 0 Å². The second kappa shape index (κ2) is 7.69. The number of Topliss-reactive ketones (excluding diaryl/α,β-unsaturated/α-hetero) is 4. The first-order valence-electron chi connectivity index (χ1n) is 11.1. The van der Waals surface area contributed by atoms with Crippen LogP contribution in [0, 0.1) is 0 Å². The molecule has 3 heterocycles. The normalized spacial score (nSPS) is 29.0. The number of nitrogens with zero attached hydrogens (tertiary/aromatic N) is 2. The van der Waals surface area contributed by atoms with Gasteiger partial charge in [0.25, 0.3) is 0 Å². The molecule has 0 aromatic heterocycles. The minimum Gasteiger partial charge on any atom is -0.492 e. The molecule has 1 N–H and O–H groups in total. The van der Waals surface area contributed by atoms with Crippen LogP contribution in [0.1, 0.15) is 20.3 Å². The van der Waals surface area contributed by atoms with Crippen LogP contribution in [-0.4, -0.2) is 89.9 Å². The SMILES string of the molecule is COC1=C(C)C(=O)C2=C(C1=O)[C@@H]1C3=CC4=C(C(=O)C(OC)=C(C)C4=O)[C@H](CO)N3C(=O)[C@H](C2)N1C. The molecule has 0 saturated carbocycles. The molecule has 0 radical (unpaired) electrons. The number of hydrogen-bond acceptors (Lipinski definition) is 9. The minimum atomic E-state index is -1.14. The van der Waals surface area contributed by atoms with Gasteiger partial charge in [0, 0.05) is 45.6 Å². The van der Waals surface area contributed by atoms with Gasteiger partial charge in [-0.3, -0.25) is 28.9 Å². The molecule has 2 aliphatic carbocycles. The molecule has 0 spiro atoms. The van der Waals surface area contributed by atoms with Crippen molar-refractivity contribution < 1.29 is 38.6 Å². The van der Waals surface area contributed by atoms with E-state index >= 15 is 0 Å². The van der Waals surface area contributed by atoms with Crippen LogP contribution in [-0.2, 0) is 33.4 Å². The predicted molar refractivity (Wildman–Crippen MR) is 119 cm³/mol. The Kier molecular flexibility index (Phi) is 5.08. The summed E-state index contributed by atoms with van der Waals surface area (Å²) in [5.41, 5.74) is 0.996. The lowest BCUT2D eigenvalue weighted by Crippen LogP contribution is -2.66. The highest BCUT2D eigenvalue weighted by molar-refractivity contribution is 6.27. The minimum absolute atomic E-state index is 0.00309. The average molecular weight is 480 g/mol. The first-order valence-corrected chi connectivity index (χ1v) is 11.1. The van der Waals surface area contributed by atoms with Crippen LogP contribution in [0.4, 0.5) is 0 Å². The van der Waals surface area contributed by atoms with Crippen molar-refractivity contribution in [1.29, 1.82) is 0 Å². The summed E-state index contributed by atoms with van der Waals surface area (Å²) in [5.74, 6) is -2.49. The monoisotopic (exact) mass is 480 g/mol. The number of fused-ring (bicyclic) bond motifs is 5. The molecule has 2 bridgehead atoms. The fourth-order valence-corrected chi connectivity index (χ4v) is 5.87. The molecule has 10 nitrogen and oxygen atoms in total. The van der Waals surface area contributed by atoms with E-state index in [0.29, 0.717) is 0 Å². The van der Waals surface area contributed by atoms with E-state index in [1.807, 2.05) is 0 Å². The molecule has 3 aliphatic heterocycles. The zero-order valence-electron chi connectivity index (χ0n) is 19.9. The van der Waals surface area contributed by atoms with E-state index in [1.165, 1.54) is 39.0 Å². The number of piperazine rings is 1. The number of aliphatic hydroxyl groups excluding tert-OH is 1. The largest absolute Gasteiger partial charge is 0.492 e. The van der Waals surface area contributed by atoms with Crippen molar-refractivity contribution in [1.82, 2.24) is 9.80 Å². The molecule has 10 heteroatoms. The summed E-state index contributed by atoms with van der Waals surface area (Å²) in [6, 6.07) is -2.79. The van der Waals surface area contributed by atoms with Crippen molar-refractivity contribution in [3.05, 3.63) is 56.7 Å². The average Bonchev–Trinajstić information content (AvgIpc) is 2.83. The number of rotatable bonds is 3. The fourth-order valence-electron chi connectivity index (χ4n) is 5.87. The Morgan fingerprint density at radius 3 is 2.06 bits per heavy atom. The molecule has 3 atom stereocenters. The number of methoxy groups -OCH3 is 2. The first kappa shape index (κ1) is 23.1. The standard InChI is InChI=1S/C25H24N2O8/c1-9-19(29)11-6-13-18-17-12(20(30)10(2)24(35-5)22(17)32)7-14(26(18)3)25(33)27(13)15(8-28)16(11)21(31)23(9)34-4/h6,14-15,18,28H,7-8H2,1-5H3/t14-,15-,18-/m0/s1. The third-order valence-corrected chi connectivity index (χ3v) is 7.57. The lowest BCUT2D eigenvalue weighted by Gasteiger charge is -2.53. The molecule has 0 aromatic carbocycles. The Bertz CT molecular complexity index is 1320. The maximum atomic E-state index is 13.7. The molecule has 0 aromatic rings. The van der Waals surface area contributed by atoms with E-state index in [9.17, 15) is 29.1 Å². The number of likely N-dealkylation sites (N-methyl/N-ethyl adjacent to an activating group) is 1. The van der Waals surface area contributed by atoms with Crippen molar-refractivity contribution in [2.45, 2.75) is 38.4 Å². The summed E-state index contributed by atoms with van der Waals surface area (Å²) in [6.07, 6.45) is 1.43. The second-order valence-corrected chi connectivity index (χ2v) is 9.12. The highest BCUT2D eigenvalue weighted by Crippen LogP contribution is 2.47. The van der Waals surface area contributed by atoms with Crippen LogP contribution >= 0.6 is 0 Å². The number of allylic oxidation sites excluding steroid dienone is 6. The number of carbonyl (C=O) groups is 5. The van der Waals surface area contributed by atoms with Gasteiger partial charge in [-0.2, -0.15) is 0 Å². The fraction of sp³-hybridized carbons (Fsp3) is 0.400. The maximum Gasteiger partial charge on any atom is 0.245 e. The van der Waals surface area contributed by atoms with Crippen LogP contribution in [0.3, 0.4) is 0 Å². The van der Waals surface area contributed by atoms with Gasteiger partial charge >= 0.3 is 0 Å². The smallest absolute Gasteiger partial charge is 0.245 e. The molecule has 1 amide bonds. The van der Waals surface area contributed by atoms with Gasteiger partial charge in [0.1, 0.15) is 0 Å². The van der Waals surface area contributed by atoms with E-state index in [2.05, 4.69) is 0 Å². The molecule has 5 aliphatic rings. The summed E-state index contributed by atoms with van der Waals surface area (Å²) in [5, 5.41) is 10.3. The Morgan fingerprint density at radius 1 is 0.914 bits per heavy atom. The molecule has 1 fully saturated rings. The number of ketones is 4. The predicted octanol–water partition coefficient (Wildman–Crippen LogP) is -0.103. The van der Waals surface area contributed by atoms with Crippen LogP contribution in [0.5, 0.6) is 0 Å². The van der Waals surface area contributed by atoms with E-state index in [1.54, 1.807) is 11.9 Å². The van der Waals surface area contributed by atoms with Gasteiger partial charge in [0.05, 0.1) is 39.0 Å². The molecule has 5 rings (SSSR count). The Hall–Kier alpha value is -3.63. The topological polar surface area (TPSA) is 131 Å². The van der Waals surface area contributed by atoms with E-state index < -0.39 is 48.0 Å². The highest BCUT2D eigenvalue weighted by Gasteiger charge is 2.56. The Labute approximate surface area is 200 Å². The van der Waals surface area contributed by atoms with Gasteiger partial charge in [-0.25, -0.2) is 0 Å². The number of amides is 1. The van der Waals surface area contributed by atoms with Crippen LogP contribution < -0.4 is 0 Å². The second-order valence-electron chi connectivity index (χ2n) is 9.12. The quantitative estimate of drug-likeness (QED) is 0.550. The van der Waals surface area contributed by atoms with Crippen molar-refractivity contribution in [3.63, 3.8) is 0 Å². The third kappa shape index (κ3) is 2.74. The Balaban J connectivity index is 1.76. The zero-order chi connectivity index (χ0) is 25.5. The zero-order valence-corrected chi connectivity index (χ0v) is 19.9. The summed E-state index contributed by atoms with van der Waals surface area (Å²) in [6.45, 7) is 2.36. The van der Waals surface area contributed by atoms with E-state index in [-0.39, 0.29) is 62.9 Å². The van der Waals surface area contributed by atoms with Crippen molar-refractivity contribution in [2.75, 3.05) is 27.9 Å². The number of ether oxygens (including phenoxy) is 2. The van der Waals surface area contributed by atoms with Crippen LogP contribution in [0.15, 0.2) is 56.7 Å². The van der Waals surface area contributed by atoms with E-state index in [0.717, 1.165) is 0 Å². The summed E-state index contributed by atoms with van der Waals surface area (Å²) < 4.78 is 10.4.